The summed E-state index contributed by atoms with van der Waals surface area (Å²) in [6.45, 7) is 4.44. The molecular weight excluding hydrogens is 254 g/mol. The van der Waals surface area contributed by atoms with E-state index < -0.39 is 0 Å². The van der Waals surface area contributed by atoms with Gasteiger partial charge in [-0.05, 0) is 19.4 Å². The van der Waals surface area contributed by atoms with Crippen LogP contribution < -0.4 is 11.3 Å². The molecule has 6 heteroatoms. The summed E-state index contributed by atoms with van der Waals surface area (Å²) >= 11 is 0. The molecule has 20 heavy (non-hydrogen) atoms. The molecule has 0 aliphatic rings. The largest absolute Gasteiger partial charge is 0.369 e. The van der Waals surface area contributed by atoms with Crippen molar-refractivity contribution in [2.24, 2.45) is 0 Å². The second-order valence-electron chi connectivity index (χ2n) is 4.96. The number of aromatic amines is 1. The van der Waals surface area contributed by atoms with Crippen LogP contribution in [-0.2, 0) is 6.54 Å². The van der Waals surface area contributed by atoms with Crippen molar-refractivity contribution in [2.75, 3.05) is 5.73 Å². The second-order valence-corrected chi connectivity index (χ2v) is 4.96. The van der Waals surface area contributed by atoms with Gasteiger partial charge in [-0.2, -0.15) is 4.98 Å². The first-order valence-corrected chi connectivity index (χ1v) is 6.31. The summed E-state index contributed by atoms with van der Waals surface area (Å²) in [6, 6.07) is 6.16. The van der Waals surface area contributed by atoms with Crippen LogP contribution in [0.1, 0.15) is 16.7 Å². The standard InChI is InChI=1S/C14H15N5O/c1-8-3-9(2)5-10(4-8)6-19-13(20)11-12(17-7-16-11)18-14(19)15/h3-5,7H,6H2,1-2H3,(H2,15,18)(H,16,17). The number of nitrogens with zero attached hydrogens (tertiary/aromatic N) is 3. The van der Waals surface area contributed by atoms with E-state index in [0.29, 0.717) is 17.7 Å². The average Bonchev–Trinajstić information content (AvgIpc) is 2.81. The number of aryl methyl sites for hydroxylation is 2. The number of benzene rings is 1. The van der Waals surface area contributed by atoms with Gasteiger partial charge in [-0.25, -0.2) is 4.98 Å². The predicted molar refractivity (Wildman–Crippen MR) is 77.6 cm³/mol. The van der Waals surface area contributed by atoms with Gasteiger partial charge in [0.2, 0.25) is 5.95 Å². The second kappa shape index (κ2) is 4.48. The number of H-pyrrole nitrogens is 1. The lowest BCUT2D eigenvalue weighted by atomic mass is 10.1. The van der Waals surface area contributed by atoms with Gasteiger partial charge in [-0.1, -0.05) is 29.3 Å². The normalized spacial score (nSPS) is 11.1. The molecule has 102 valence electrons. The van der Waals surface area contributed by atoms with Crippen molar-refractivity contribution in [3.63, 3.8) is 0 Å². The molecule has 0 radical (unpaired) electrons. The number of aromatic nitrogens is 4. The Morgan fingerprint density at radius 3 is 2.65 bits per heavy atom. The van der Waals surface area contributed by atoms with Gasteiger partial charge in [0.1, 0.15) is 0 Å². The zero-order chi connectivity index (χ0) is 14.3. The molecule has 0 atom stereocenters. The SMILES string of the molecule is Cc1cc(C)cc(Cn2c(N)nc3[nH]cnc3c2=O)c1. The van der Waals surface area contributed by atoms with Crippen molar-refractivity contribution < 1.29 is 0 Å². The van der Waals surface area contributed by atoms with Crippen LogP contribution in [0.2, 0.25) is 0 Å². The van der Waals surface area contributed by atoms with Gasteiger partial charge in [0, 0.05) is 0 Å². The fourth-order valence-electron chi connectivity index (χ4n) is 2.43. The number of anilines is 1. The Balaban J connectivity index is 2.12. The number of fused-ring (bicyclic) bond motifs is 1. The summed E-state index contributed by atoms with van der Waals surface area (Å²) in [7, 11) is 0. The molecule has 2 aromatic heterocycles. The fourth-order valence-corrected chi connectivity index (χ4v) is 2.43. The lowest BCUT2D eigenvalue weighted by Gasteiger charge is -2.10. The van der Waals surface area contributed by atoms with E-state index in [0.717, 1.165) is 16.7 Å². The molecule has 6 nitrogen and oxygen atoms in total. The minimum absolute atomic E-state index is 0.186. The quantitative estimate of drug-likeness (QED) is 0.735. The highest BCUT2D eigenvalue weighted by Gasteiger charge is 2.11. The third-order valence-corrected chi connectivity index (χ3v) is 3.19. The Morgan fingerprint density at radius 2 is 1.95 bits per heavy atom. The molecule has 0 spiro atoms. The van der Waals surface area contributed by atoms with Gasteiger partial charge in [0.15, 0.2) is 11.2 Å². The molecule has 0 saturated heterocycles. The highest BCUT2D eigenvalue weighted by Crippen LogP contribution is 2.12. The summed E-state index contributed by atoms with van der Waals surface area (Å²) in [6.07, 6.45) is 1.44. The lowest BCUT2D eigenvalue weighted by Crippen LogP contribution is -2.25. The molecule has 3 rings (SSSR count). The van der Waals surface area contributed by atoms with Crippen LogP contribution in [0.25, 0.3) is 11.2 Å². The van der Waals surface area contributed by atoms with Crippen LogP contribution in [0, 0.1) is 13.8 Å². The summed E-state index contributed by atoms with van der Waals surface area (Å²) in [5.41, 5.74) is 9.70. The Morgan fingerprint density at radius 1 is 1.25 bits per heavy atom. The van der Waals surface area contributed by atoms with Gasteiger partial charge in [0.05, 0.1) is 12.9 Å². The van der Waals surface area contributed by atoms with Crippen molar-refractivity contribution >= 4 is 17.1 Å². The predicted octanol–water partition coefficient (Wildman–Crippen LogP) is 1.37. The number of imidazole rings is 1. The molecule has 1 aromatic carbocycles. The maximum Gasteiger partial charge on any atom is 0.283 e. The molecule has 0 aliphatic heterocycles. The zero-order valence-corrected chi connectivity index (χ0v) is 11.3. The Labute approximate surface area is 115 Å². The van der Waals surface area contributed by atoms with Gasteiger partial charge in [-0.3, -0.25) is 9.36 Å². The van der Waals surface area contributed by atoms with E-state index in [1.165, 1.54) is 10.9 Å². The van der Waals surface area contributed by atoms with Crippen molar-refractivity contribution in [2.45, 2.75) is 20.4 Å². The monoisotopic (exact) mass is 269 g/mol. The van der Waals surface area contributed by atoms with Crippen molar-refractivity contribution in [1.29, 1.82) is 0 Å². The smallest absolute Gasteiger partial charge is 0.283 e. The molecule has 3 N–H and O–H groups in total. The molecule has 0 amide bonds. The molecule has 0 aliphatic carbocycles. The highest BCUT2D eigenvalue weighted by atomic mass is 16.1. The Kier molecular flexibility index (Phi) is 2.78. The number of rotatable bonds is 2. The zero-order valence-electron chi connectivity index (χ0n) is 11.3. The third-order valence-electron chi connectivity index (χ3n) is 3.19. The van der Waals surface area contributed by atoms with E-state index in [4.69, 9.17) is 5.73 Å². The number of nitrogen functional groups attached to an aromatic ring is 1. The molecule has 3 aromatic rings. The first-order valence-electron chi connectivity index (χ1n) is 6.31. The first-order chi connectivity index (χ1) is 9.54. The van der Waals surface area contributed by atoms with Gasteiger partial charge < -0.3 is 10.7 Å². The van der Waals surface area contributed by atoms with Crippen LogP contribution in [0.3, 0.4) is 0 Å². The fraction of sp³-hybridized carbons (Fsp3) is 0.214. The molecule has 0 fully saturated rings. The Hall–Kier alpha value is -2.63. The summed E-state index contributed by atoms with van der Waals surface area (Å²) < 4.78 is 1.44. The maximum absolute atomic E-state index is 12.3. The summed E-state index contributed by atoms with van der Waals surface area (Å²) in [4.78, 5) is 23.3. The lowest BCUT2D eigenvalue weighted by molar-refractivity contribution is 0.760. The van der Waals surface area contributed by atoms with E-state index in [1.54, 1.807) is 0 Å². The van der Waals surface area contributed by atoms with Crippen LogP contribution in [-0.4, -0.2) is 19.5 Å². The van der Waals surface area contributed by atoms with Crippen LogP contribution in [0.4, 0.5) is 5.95 Å². The number of hydrogen-bond acceptors (Lipinski definition) is 4. The molecule has 0 saturated carbocycles. The van der Waals surface area contributed by atoms with E-state index in [9.17, 15) is 4.79 Å². The number of hydrogen-bond donors (Lipinski definition) is 2. The van der Waals surface area contributed by atoms with Gasteiger partial charge in [-0.15, -0.1) is 0 Å². The number of nitrogens with one attached hydrogen (secondary N) is 1. The van der Waals surface area contributed by atoms with Gasteiger partial charge in [0.25, 0.3) is 5.56 Å². The first kappa shape index (κ1) is 12.4. The van der Waals surface area contributed by atoms with E-state index in [2.05, 4.69) is 21.0 Å². The van der Waals surface area contributed by atoms with E-state index in [-0.39, 0.29) is 11.5 Å². The van der Waals surface area contributed by atoms with Crippen LogP contribution in [0.15, 0.2) is 29.3 Å². The summed E-state index contributed by atoms with van der Waals surface area (Å²) in [5.74, 6) is 0.186. The van der Waals surface area contributed by atoms with E-state index >= 15 is 0 Å². The topological polar surface area (TPSA) is 89.6 Å². The molecule has 0 bridgehead atoms. The number of nitrogens with two attached hydrogens (primary N) is 1. The minimum Gasteiger partial charge on any atom is -0.369 e. The van der Waals surface area contributed by atoms with E-state index in [1.807, 2.05) is 26.0 Å². The van der Waals surface area contributed by atoms with Gasteiger partial charge >= 0.3 is 0 Å². The third kappa shape index (κ3) is 2.05. The Bertz CT molecular complexity index is 826. The minimum atomic E-state index is -0.229. The van der Waals surface area contributed by atoms with Crippen molar-refractivity contribution in [3.05, 3.63) is 51.6 Å². The maximum atomic E-state index is 12.3. The molecular formula is C14H15N5O. The van der Waals surface area contributed by atoms with Crippen molar-refractivity contribution in [3.8, 4) is 0 Å². The van der Waals surface area contributed by atoms with Crippen molar-refractivity contribution in [1.82, 2.24) is 19.5 Å². The molecule has 2 heterocycles. The summed E-state index contributed by atoms with van der Waals surface area (Å²) in [5, 5.41) is 0. The average molecular weight is 269 g/mol. The molecule has 0 unspecified atom stereocenters. The van der Waals surface area contributed by atoms with Crippen LogP contribution >= 0.6 is 0 Å². The van der Waals surface area contributed by atoms with Crippen LogP contribution in [0.5, 0.6) is 0 Å². The highest BCUT2D eigenvalue weighted by molar-refractivity contribution is 5.69.